The maximum Gasteiger partial charge on any atom is 0.416 e. The number of hydrogen-bond donors (Lipinski definition) is 0. The molecule has 1 unspecified atom stereocenters. The van der Waals surface area contributed by atoms with E-state index >= 15 is 0 Å². The summed E-state index contributed by atoms with van der Waals surface area (Å²) >= 11 is 0. The Morgan fingerprint density at radius 2 is 2.14 bits per heavy atom. The highest BCUT2D eigenvalue weighted by Crippen LogP contribution is 2.34. The zero-order valence-corrected chi connectivity index (χ0v) is 10.8. The summed E-state index contributed by atoms with van der Waals surface area (Å²) in [4.78, 5) is 11.7. The van der Waals surface area contributed by atoms with Gasteiger partial charge in [-0.3, -0.25) is 0 Å². The monoisotopic (exact) mass is 306 g/mol. The van der Waals surface area contributed by atoms with E-state index in [4.69, 9.17) is 4.74 Å². The highest BCUT2D eigenvalue weighted by atomic mass is 19.4. The molecule has 1 atom stereocenters. The van der Waals surface area contributed by atoms with E-state index in [2.05, 4.69) is 0 Å². The van der Waals surface area contributed by atoms with Crippen molar-refractivity contribution in [2.45, 2.75) is 18.7 Å². The Kier molecular flexibility index (Phi) is 4.36. The lowest BCUT2D eigenvalue weighted by Crippen LogP contribution is -2.31. The minimum atomic E-state index is -4.55. The number of ether oxygens (including phenoxy) is 1. The number of halogens is 4. The van der Waals surface area contributed by atoms with E-state index in [1.165, 1.54) is 4.90 Å². The number of nitrogens with zero attached hydrogens (tertiary/aromatic N) is 1. The summed E-state index contributed by atoms with van der Waals surface area (Å²) in [6, 6.07) is 2.20. The fourth-order valence-corrected chi connectivity index (χ4v) is 2.20. The lowest BCUT2D eigenvalue weighted by atomic mass is 10.1. The number of aliphatic carboxylic acids is 1. The standard InChI is InChI=1S/C13H13F4NO3/c14-10-2-1-8(13(15,16)17)5-11(10)18-4-3-9(6-18)21-7-12(19)20/h1-2,5,9H,3-4,6-7H2,(H,19,20)/p-1. The summed E-state index contributed by atoms with van der Waals surface area (Å²) in [6.45, 7) is -0.176. The van der Waals surface area contributed by atoms with Crippen molar-refractivity contribution in [2.24, 2.45) is 0 Å². The highest BCUT2D eigenvalue weighted by Gasteiger charge is 2.33. The van der Waals surface area contributed by atoms with Gasteiger partial charge in [0.2, 0.25) is 0 Å². The molecule has 1 aromatic carbocycles. The van der Waals surface area contributed by atoms with Crippen molar-refractivity contribution in [3.8, 4) is 0 Å². The van der Waals surface area contributed by atoms with E-state index in [-0.39, 0.29) is 18.8 Å². The van der Waals surface area contributed by atoms with Crippen molar-refractivity contribution in [3.05, 3.63) is 29.6 Å². The molecule has 0 aromatic heterocycles. The molecule has 0 saturated carbocycles. The van der Waals surface area contributed by atoms with E-state index in [9.17, 15) is 27.5 Å². The van der Waals surface area contributed by atoms with Gasteiger partial charge in [0.05, 0.1) is 29.9 Å². The second kappa shape index (κ2) is 5.88. The van der Waals surface area contributed by atoms with Crippen LogP contribution in [0.25, 0.3) is 0 Å². The summed E-state index contributed by atoms with van der Waals surface area (Å²) in [5.41, 5.74) is -1.10. The molecule has 1 aliphatic heterocycles. The molecule has 4 nitrogen and oxygen atoms in total. The van der Waals surface area contributed by atoms with E-state index in [1.54, 1.807) is 0 Å². The number of benzene rings is 1. The molecule has 0 N–H and O–H groups in total. The smallest absolute Gasteiger partial charge is 0.416 e. The maximum atomic E-state index is 13.7. The third-order valence-electron chi connectivity index (χ3n) is 3.20. The lowest BCUT2D eigenvalue weighted by molar-refractivity contribution is -0.310. The SMILES string of the molecule is O=C([O-])COC1CCN(c2cc(C(F)(F)F)ccc2F)C1. The first-order chi connectivity index (χ1) is 9.77. The molecule has 1 saturated heterocycles. The number of hydrogen-bond acceptors (Lipinski definition) is 4. The Hall–Kier alpha value is -1.83. The van der Waals surface area contributed by atoms with Crippen LogP contribution in [0.4, 0.5) is 23.2 Å². The van der Waals surface area contributed by atoms with Gasteiger partial charge in [-0.05, 0) is 24.6 Å². The Morgan fingerprint density at radius 3 is 2.76 bits per heavy atom. The average molecular weight is 306 g/mol. The normalized spacial score (nSPS) is 19.0. The van der Waals surface area contributed by atoms with E-state index < -0.39 is 36.2 Å². The molecule has 116 valence electrons. The van der Waals surface area contributed by atoms with Crippen LogP contribution in [-0.2, 0) is 15.7 Å². The van der Waals surface area contributed by atoms with Crippen molar-refractivity contribution in [1.29, 1.82) is 0 Å². The number of anilines is 1. The van der Waals surface area contributed by atoms with E-state index in [1.807, 2.05) is 0 Å². The second-order valence-corrected chi connectivity index (χ2v) is 4.70. The number of carboxylic acids is 1. The molecule has 1 fully saturated rings. The summed E-state index contributed by atoms with van der Waals surface area (Å²) in [5, 5.41) is 10.3. The van der Waals surface area contributed by atoms with Gasteiger partial charge in [-0.2, -0.15) is 13.2 Å². The van der Waals surface area contributed by atoms with Crippen LogP contribution in [0.5, 0.6) is 0 Å². The third kappa shape index (κ3) is 3.84. The van der Waals surface area contributed by atoms with Crippen molar-refractivity contribution < 1.29 is 32.2 Å². The zero-order chi connectivity index (χ0) is 15.6. The highest BCUT2D eigenvalue weighted by molar-refractivity contribution is 5.65. The van der Waals surface area contributed by atoms with Gasteiger partial charge in [0, 0.05) is 13.1 Å². The molecular formula is C13H12F4NO3-. The zero-order valence-electron chi connectivity index (χ0n) is 10.8. The molecule has 8 heteroatoms. The first-order valence-electron chi connectivity index (χ1n) is 6.20. The van der Waals surface area contributed by atoms with Gasteiger partial charge in [-0.1, -0.05) is 0 Å². The fourth-order valence-electron chi connectivity index (χ4n) is 2.20. The van der Waals surface area contributed by atoms with Crippen LogP contribution in [0.3, 0.4) is 0 Å². The van der Waals surface area contributed by atoms with Gasteiger partial charge in [-0.25, -0.2) is 4.39 Å². The predicted octanol–water partition coefficient (Wildman–Crippen LogP) is 1.19. The van der Waals surface area contributed by atoms with Crippen LogP contribution in [0, 0.1) is 5.82 Å². The van der Waals surface area contributed by atoms with Gasteiger partial charge in [0.15, 0.2) is 0 Å². The van der Waals surface area contributed by atoms with Crippen LogP contribution in [-0.4, -0.2) is 31.8 Å². The molecule has 21 heavy (non-hydrogen) atoms. The van der Waals surface area contributed by atoms with Crippen molar-refractivity contribution >= 4 is 11.7 Å². The van der Waals surface area contributed by atoms with Crippen LogP contribution >= 0.6 is 0 Å². The molecule has 0 aliphatic carbocycles. The summed E-state index contributed by atoms with van der Waals surface area (Å²) < 4.78 is 56.6. The van der Waals surface area contributed by atoms with Gasteiger partial charge in [0.25, 0.3) is 0 Å². The largest absolute Gasteiger partial charge is 0.548 e. The molecule has 1 aromatic rings. The number of carbonyl (C=O) groups excluding carboxylic acids is 1. The van der Waals surface area contributed by atoms with Gasteiger partial charge >= 0.3 is 6.18 Å². The number of carboxylic acid groups (broad SMARTS) is 1. The molecule has 0 spiro atoms. The Morgan fingerprint density at radius 1 is 1.43 bits per heavy atom. The van der Waals surface area contributed by atoms with Gasteiger partial charge in [-0.15, -0.1) is 0 Å². The molecule has 0 amide bonds. The van der Waals surface area contributed by atoms with Crippen LogP contribution in [0.15, 0.2) is 18.2 Å². The van der Waals surface area contributed by atoms with Crippen molar-refractivity contribution in [2.75, 3.05) is 24.6 Å². The minimum Gasteiger partial charge on any atom is -0.548 e. The first kappa shape index (κ1) is 15.6. The fraction of sp³-hybridized carbons (Fsp3) is 0.462. The summed E-state index contributed by atoms with van der Waals surface area (Å²) in [7, 11) is 0. The number of carbonyl (C=O) groups is 1. The number of rotatable bonds is 4. The second-order valence-electron chi connectivity index (χ2n) is 4.70. The van der Waals surface area contributed by atoms with Gasteiger partial charge < -0.3 is 19.5 Å². The quantitative estimate of drug-likeness (QED) is 0.784. The molecule has 1 heterocycles. The molecule has 0 radical (unpaired) electrons. The first-order valence-corrected chi connectivity index (χ1v) is 6.20. The van der Waals surface area contributed by atoms with Crippen molar-refractivity contribution in [3.63, 3.8) is 0 Å². The van der Waals surface area contributed by atoms with Crippen LogP contribution < -0.4 is 10.0 Å². The Labute approximate surface area is 117 Å². The topological polar surface area (TPSA) is 52.6 Å². The number of alkyl halides is 3. The summed E-state index contributed by atoms with van der Waals surface area (Å²) in [6.07, 6.45) is -4.62. The molecule has 2 rings (SSSR count). The Bertz CT molecular complexity index is 533. The maximum absolute atomic E-state index is 13.7. The van der Waals surface area contributed by atoms with Crippen LogP contribution in [0.2, 0.25) is 0 Å². The predicted molar refractivity (Wildman–Crippen MR) is 63.0 cm³/mol. The lowest BCUT2D eigenvalue weighted by Gasteiger charge is -2.21. The summed E-state index contributed by atoms with van der Waals surface area (Å²) in [5.74, 6) is -2.14. The van der Waals surface area contributed by atoms with Crippen molar-refractivity contribution in [1.82, 2.24) is 0 Å². The van der Waals surface area contributed by atoms with E-state index in [0.717, 1.165) is 12.1 Å². The van der Waals surface area contributed by atoms with Gasteiger partial charge in [0.1, 0.15) is 5.82 Å². The molecule has 0 bridgehead atoms. The molecule has 1 aliphatic rings. The molecular weight excluding hydrogens is 294 g/mol. The average Bonchev–Trinajstić information content (AvgIpc) is 2.84. The third-order valence-corrected chi connectivity index (χ3v) is 3.20. The van der Waals surface area contributed by atoms with E-state index in [0.29, 0.717) is 12.5 Å². The van der Waals surface area contributed by atoms with Crippen LogP contribution in [0.1, 0.15) is 12.0 Å². The Balaban J connectivity index is 2.10. The minimum absolute atomic E-state index is 0.130.